The summed E-state index contributed by atoms with van der Waals surface area (Å²) in [5.41, 5.74) is -2.49. The van der Waals surface area contributed by atoms with Gasteiger partial charge in [-0.05, 0) is 18.6 Å². The van der Waals surface area contributed by atoms with E-state index in [0.29, 0.717) is 5.56 Å². The number of benzene rings is 2. The predicted octanol–water partition coefficient (Wildman–Crippen LogP) is 5.08. The molecule has 0 spiro atoms. The van der Waals surface area contributed by atoms with Gasteiger partial charge in [-0.1, -0.05) is 37.3 Å². The molecule has 1 saturated heterocycles. The van der Waals surface area contributed by atoms with Gasteiger partial charge in [-0.15, -0.1) is 0 Å². The molecule has 1 aliphatic heterocycles. The molecule has 0 radical (unpaired) electrons. The molecular weight excluding hydrogens is 439 g/mol. The summed E-state index contributed by atoms with van der Waals surface area (Å²) >= 11 is 0. The number of rotatable bonds is 6. The van der Waals surface area contributed by atoms with Crippen molar-refractivity contribution in [2.45, 2.75) is 44.3 Å². The van der Waals surface area contributed by atoms with Crippen LogP contribution in [0.25, 0.3) is 0 Å². The summed E-state index contributed by atoms with van der Waals surface area (Å²) in [6.07, 6.45) is -6.88. The largest absolute Gasteiger partial charge is 0.493 e. The third kappa shape index (κ3) is 3.99. The fourth-order valence-corrected chi connectivity index (χ4v) is 3.91. The molecular formula is C22H21F5O5. The number of hydrogen-bond acceptors (Lipinski definition) is 4. The van der Waals surface area contributed by atoms with Crippen LogP contribution in [0.5, 0.6) is 11.5 Å². The third-order valence-electron chi connectivity index (χ3n) is 5.87. The number of alkyl halides is 3. The summed E-state index contributed by atoms with van der Waals surface area (Å²) in [5.74, 6) is -8.82. The van der Waals surface area contributed by atoms with E-state index in [9.17, 15) is 31.9 Å². The Bertz CT molecular complexity index is 994. The standard InChI is InChI=1S/C22H21F5O5/c1-11-15(19(20(28)29)32-21(11,2)22(25,26)27)13-9-14(16(23)17(24)18(13)30-3)31-10-12-7-5-4-6-8-12/h4-9,11,15,19H,10H2,1-3H3,(H,28,29). The highest BCUT2D eigenvalue weighted by molar-refractivity contribution is 5.75. The van der Waals surface area contributed by atoms with Crippen molar-refractivity contribution < 1.29 is 46.1 Å². The Morgan fingerprint density at radius 2 is 1.81 bits per heavy atom. The summed E-state index contributed by atoms with van der Waals surface area (Å²) in [5, 5.41) is 9.54. The van der Waals surface area contributed by atoms with E-state index < -0.39 is 58.8 Å². The number of halogens is 5. The lowest BCUT2D eigenvalue weighted by atomic mass is 9.77. The second-order valence-corrected chi connectivity index (χ2v) is 7.70. The molecule has 0 aliphatic carbocycles. The van der Waals surface area contributed by atoms with Crippen LogP contribution in [0.2, 0.25) is 0 Å². The minimum absolute atomic E-state index is 0.150. The number of carbonyl (C=O) groups is 1. The Balaban J connectivity index is 2.10. The SMILES string of the molecule is COc1c(C2C(C(=O)O)OC(C)(C(F)(F)F)C2C)cc(OCc2ccccc2)c(F)c1F. The lowest BCUT2D eigenvalue weighted by Crippen LogP contribution is -2.47. The van der Waals surface area contributed by atoms with Gasteiger partial charge in [0.05, 0.1) is 7.11 Å². The molecule has 4 atom stereocenters. The average Bonchev–Trinajstić information content (AvgIpc) is 3.02. The first-order valence-corrected chi connectivity index (χ1v) is 9.62. The van der Waals surface area contributed by atoms with E-state index >= 15 is 0 Å². The second kappa shape index (κ2) is 8.57. The average molecular weight is 460 g/mol. The van der Waals surface area contributed by atoms with Gasteiger partial charge in [0.15, 0.2) is 23.2 Å². The lowest BCUT2D eigenvalue weighted by Gasteiger charge is -2.32. The number of ether oxygens (including phenoxy) is 3. The van der Waals surface area contributed by atoms with Crippen LogP contribution in [-0.2, 0) is 16.1 Å². The third-order valence-corrected chi connectivity index (χ3v) is 5.87. The van der Waals surface area contributed by atoms with Crippen molar-refractivity contribution in [1.29, 1.82) is 0 Å². The molecule has 2 aromatic carbocycles. The number of hydrogen-bond donors (Lipinski definition) is 1. The number of carboxylic acids is 1. The first-order valence-electron chi connectivity index (χ1n) is 9.62. The van der Waals surface area contributed by atoms with Crippen LogP contribution in [0.3, 0.4) is 0 Å². The van der Waals surface area contributed by atoms with Crippen LogP contribution in [0.4, 0.5) is 22.0 Å². The number of methoxy groups -OCH3 is 1. The van der Waals surface area contributed by atoms with Gasteiger partial charge in [0, 0.05) is 17.4 Å². The summed E-state index contributed by atoms with van der Waals surface area (Å²) in [6.45, 7) is 1.72. The van der Waals surface area contributed by atoms with Crippen LogP contribution in [0, 0.1) is 17.6 Å². The molecule has 0 bridgehead atoms. The summed E-state index contributed by atoms with van der Waals surface area (Å²) in [4.78, 5) is 11.8. The first-order chi connectivity index (χ1) is 14.9. The van der Waals surface area contributed by atoms with Crippen LogP contribution >= 0.6 is 0 Å². The fourth-order valence-electron chi connectivity index (χ4n) is 3.91. The maximum Gasteiger partial charge on any atom is 0.417 e. The zero-order valence-corrected chi connectivity index (χ0v) is 17.4. The van der Waals surface area contributed by atoms with E-state index in [2.05, 4.69) is 0 Å². The molecule has 1 heterocycles. The molecule has 3 rings (SSSR count). The van der Waals surface area contributed by atoms with Crippen molar-refractivity contribution in [3.63, 3.8) is 0 Å². The van der Waals surface area contributed by atoms with Gasteiger partial charge < -0.3 is 19.3 Å². The molecule has 1 fully saturated rings. The Hall–Kier alpha value is -2.88. The monoisotopic (exact) mass is 460 g/mol. The Morgan fingerprint density at radius 1 is 1.19 bits per heavy atom. The summed E-state index contributed by atoms with van der Waals surface area (Å²) < 4.78 is 85.8. The Labute approximate surface area is 180 Å². The number of aliphatic carboxylic acids is 1. The van der Waals surface area contributed by atoms with Crippen molar-refractivity contribution in [3.8, 4) is 11.5 Å². The molecule has 0 saturated carbocycles. The first kappa shape index (κ1) is 23.8. The van der Waals surface area contributed by atoms with E-state index in [1.54, 1.807) is 30.3 Å². The zero-order chi connectivity index (χ0) is 23.8. The molecule has 32 heavy (non-hydrogen) atoms. The zero-order valence-electron chi connectivity index (χ0n) is 17.4. The maximum atomic E-state index is 14.8. The van der Waals surface area contributed by atoms with Crippen LogP contribution in [0.1, 0.15) is 30.9 Å². The highest BCUT2D eigenvalue weighted by Crippen LogP contribution is 2.55. The smallest absolute Gasteiger partial charge is 0.417 e. The van der Waals surface area contributed by atoms with Crippen molar-refractivity contribution in [3.05, 3.63) is 59.2 Å². The minimum atomic E-state index is -4.91. The highest BCUT2D eigenvalue weighted by Gasteiger charge is 2.66. The molecule has 5 nitrogen and oxygen atoms in total. The Morgan fingerprint density at radius 3 is 2.34 bits per heavy atom. The normalized spacial score (nSPS) is 25.6. The topological polar surface area (TPSA) is 65.0 Å². The molecule has 0 amide bonds. The van der Waals surface area contributed by atoms with Gasteiger partial charge >= 0.3 is 12.1 Å². The molecule has 1 aliphatic rings. The quantitative estimate of drug-likeness (QED) is 0.610. The van der Waals surface area contributed by atoms with Crippen molar-refractivity contribution in [1.82, 2.24) is 0 Å². The summed E-state index contributed by atoms with van der Waals surface area (Å²) in [6, 6.07) is 9.51. The van der Waals surface area contributed by atoms with E-state index in [1.807, 2.05) is 0 Å². The van der Waals surface area contributed by atoms with Gasteiger partial charge in [0.1, 0.15) is 6.61 Å². The molecule has 4 unspecified atom stereocenters. The maximum absolute atomic E-state index is 14.8. The van der Waals surface area contributed by atoms with E-state index in [1.165, 1.54) is 0 Å². The lowest BCUT2D eigenvalue weighted by molar-refractivity contribution is -0.273. The van der Waals surface area contributed by atoms with E-state index in [0.717, 1.165) is 27.0 Å². The second-order valence-electron chi connectivity index (χ2n) is 7.70. The van der Waals surface area contributed by atoms with Crippen molar-refractivity contribution >= 4 is 5.97 Å². The molecule has 2 aromatic rings. The Kier molecular flexibility index (Phi) is 6.37. The molecule has 1 N–H and O–H groups in total. The number of carboxylic acid groups (broad SMARTS) is 1. The van der Waals surface area contributed by atoms with Gasteiger partial charge in [-0.25, -0.2) is 4.79 Å². The minimum Gasteiger partial charge on any atom is -0.493 e. The van der Waals surface area contributed by atoms with Crippen molar-refractivity contribution in [2.75, 3.05) is 7.11 Å². The predicted molar refractivity (Wildman–Crippen MR) is 103 cm³/mol. The van der Waals surface area contributed by atoms with Gasteiger partial charge in [0.2, 0.25) is 11.6 Å². The molecule has 10 heteroatoms. The van der Waals surface area contributed by atoms with Crippen LogP contribution in [-0.4, -0.2) is 36.1 Å². The highest BCUT2D eigenvalue weighted by atomic mass is 19.4. The van der Waals surface area contributed by atoms with Gasteiger partial charge in [-0.2, -0.15) is 22.0 Å². The fraction of sp³-hybridized carbons (Fsp3) is 0.409. The van der Waals surface area contributed by atoms with Gasteiger partial charge in [-0.3, -0.25) is 0 Å². The molecule has 0 aromatic heterocycles. The van der Waals surface area contributed by atoms with Gasteiger partial charge in [0.25, 0.3) is 0 Å². The molecule has 174 valence electrons. The van der Waals surface area contributed by atoms with Crippen molar-refractivity contribution in [2.24, 2.45) is 5.92 Å². The van der Waals surface area contributed by atoms with Crippen LogP contribution < -0.4 is 9.47 Å². The van der Waals surface area contributed by atoms with Crippen LogP contribution in [0.15, 0.2) is 36.4 Å². The summed E-state index contributed by atoms with van der Waals surface area (Å²) in [7, 11) is 1.01. The van der Waals surface area contributed by atoms with E-state index in [4.69, 9.17) is 14.2 Å². The van der Waals surface area contributed by atoms with E-state index in [-0.39, 0.29) is 12.2 Å².